The lowest BCUT2D eigenvalue weighted by Gasteiger charge is -2.34. The molecule has 110 valence electrons. The number of hydrogen-bond donors (Lipinski definition) is 1. The second-order valence-electron chi connectivity index (χ2n) is 6.55. The minimum atomic E-state index is 0.0404. The molecule has 2 aliphatic rings. The van der Waals surface area contributed by atoms with Gasteiger partial charge in [0.25, 0.3) is 0 Å². The highest BCUT2D eigenvalue weighted by molar-refractivity contribution is 5.84. The van der Waals surface area contributed by atoms with Crippen LogP contribution >= 0.6 is 0 Å². The SMILES string of the molecule is CCC1NC(C(C)C)N(CC2CCN(C)CC2)C1=O. The average Bonchev–Trinajstić information content (AvgIpc) is 2.70. The maximum absolute atomic E-state index is 12.4. The van der Waals surface area contributed by atoms with Crippen LogP contribution in [0.15, 0.2) is 0 Å². The van der Waals surface area contributed by atoms with Crippen molar-refractivity contribution in [2.75, 3.05) is 26.7 Å². The molecular weight excluding hydrogens is 238 g/mol. The number of amides is 1. The fraction of sp³-hybridized carbons (Fsp3) is 0.933. The molecule has 1 amide bonds. The van der Waals surface area contributed by atoms with Gasteiger partial charge in [-0.25, -0.2) is 0 Å². The van der Waals surface area contributed by atoms with Gasteiger partial charge in [-0.05, 0) is 51.2 Å². The number of carbonyl (C=O) groups is 1. The summed E-state index contributed by atoms with van der Waals surface area (Å²) in [6.07, 6.45) is 3.58. The first-order valence-corrected chi connectivity index (χ1v) is 7.78. The van der Waals surface area contributed by atoms with Crippen molar-refractivity contribution in [3.05, 3.63) is 0 Å². The molecule has 2 saturated heterocycles. The Morgan fingerprint density at radius 3 is 2.47 bits per heavy atom. The highest BCUT2D eigenvalue weighted by atomic mass is 16.2. The van der Waals surface area contributed by atoms with Crippen molar-refractivity contribution in [1.82, 2.24) is 15.1 Å². The molecular formula is C15H29N3O. The van der Waals surface area contributed by atoms with Crippen LogP contribution in [0.2, 0.25) is 0 Å². The van der Waals surface area contributed by atoms with Crippen molar-refractivity contribution in [2.24, 2.45) is 11.8 Å². The standard InChI is InChI=1S/C15H29N3O/c1-5-13-15(19)18(14(16-13)11(2)3)10-12-6-8-17(4)9-7-12/h11-14,16H,5-10H2,1-4H3. The molecule has 0 aromatic heterocycles. The Morgan fingerprint density at radius 2 is 1.95 bits per heavy atom. The molecule has 2 aliphatic heterocycles. The number of carbonyl (C=O) groups excluding carboxylic acids is 1. The third kappa shape index (κ3) is 3.29. The maximum atomic E-state index is 12.4. The predicted molar refractivity (Wildman–Crippen MR) is 77.8 cm³/mol. The molecule has 0 aromatic rings. The highest BCUT2D eigenvalue weighted by Gasteiger charge is 2.40. The van der Waals surface area contributed by atoms with E-state index in [2.05, 4.69) is 42.9 Å². The van der Waals surface area contributed by atoms with E-state index in [4.69, 9.17) is 0 Å². The van der Waals surface area contributed by atoms with Gasteiger partial charge in [0.2, 0.25) is 5.91 Å². The number of likely N-dealkylation sites (tertiary alicyclic amines) is 1. The summed E-state index contributed by atoms with van der Waals surface area (Å²) in [7, 11) is 2.18. The van der Waals surface area contributed by atoms with Gasteiger partial charge >= 0.3 is 0 Å². The molecule has 19 heavy (non-hydrogen) atoms. The Labute approximate surface area is 117 Å². The Hall–Kier alpha value is -0.610. The zero-order valence-corrected chi connectivity index (χ0v) is 12.9. The molecule has 4 nitrogen and oxygen atoms in total. The smallest absolute Gasteiger partial charge is 0.241 e. The summed E-state index contributed by atoms with van der Waals surface area (Å²) in [6, 6.07) is 0.0404. The van der Waals surface area contributed by atoms with Gasteiger partial charge in [-0.2, -0.15) is 0 Å². The molecule has 0 aliphatic carbocycles. The quantitative estimate of drug-likeness (QED) is 0.839. The molecule has 2 rings (SSSR count). The largest absolute Gasteiger partial charge is 0.325 e. The molecule has 0 aromatic carbocycles. The van der Waals surface area contributed by atoms with Gasteiger partial charge in [-0.1, -0.05) is 20.8 Å². The number of hydrogen-bond acceptors (Lipinski definition) is 3. The van der Waals surface area contributed by atoms with E-state index in [0.29, 0.717) is 17.7 Å². The summed E-state index contributed by atoms with van der Waals surface area (Å²) in [6.45, 7) is 9.77. The maximum Gasteiger partial charge on any atom is 0.241 e. The lowest BCUT2D eigenvalue weighted by Crippen LogP contribution is -2.45. The molecule has 2 fully saturated rings. The summed E-state index contributed by atoms with van der Waals surface area (Å²) in [5, 5.41) is 3.50. The van der Waals surface area contributed by atoms with Crippen LogP contribution in [-0.2, 0) is 4.79 Å². The second kappa shape index (κ2) is 6.23. The highest BCUT2D eigenvalue weighted by Crippen LogP contribution is 2.24. The van der Waals surface area contributed by atoms with E-state index in [9.17, 15) is 4.79 Å². The Morgan fingerprint density at radius 1 is 1.32 bits per heavy atom. The van der Waals surface area contributed by atoms with Crippen LogP contribution in [0.25, 0.3) is 0 Å². The van der Waals surface area contributed by atoms with Crippen LogP contribution in [0, 0.1) is 11.8 Å². The van der Waals surface area contributed by atoms with Crippen molar-refractivity contribution in [3.63, 3.8) is 0 Å². The fourth-order valence-electron chi connectivity index (χ4n) is 3.28. The zero-order chi connectivity index (χ0) is 14.0. The van der Waals surface area contributed by atoms with E-state index in [0.717, 1.165) is 13.0 Å². The van der Waals surface area contributed by atoms with Gasteiger partial charge in [0.15, 0.2) is 0 Å². The van der Waals surface area contributed by atoms with Gasteiger partial charge in [0.05, 0.1) is 12.2 Å². The number of rotatable bonds is 4. The minimum absolute atomic E-state index is 0.0404. The molecule has 0 radical (unpaired) electrons. The van der Waals surface area contributed by atoms with E-state index in [1.54, 1.807) is 0 Å². The van der Waals surface area contributed by atoms with Crippen LogP contribution in [0.3, 0.4) is 0 Å². The lowest BCUT2D eigenvalue weighted by molar-refractivity contribution is -0.131. The summed E-state index contributed by atoms with van der Waals surface area (Å²) >= 11 is 0. The molecule has 0 bridgehead atoms. The summed E-state index contributed by atoms with van der Waals surface area (Å²) < 4.78 is 0. The Balaban J connectivity index is 1.98. The van der Waals surface area contributed by atoms with Gasteiger partial charge in [0.1, 0.15) is 0 Å². The third-order valence-electron chi connectivity index (χ3n) is 4.62. The molecule has 2 atom stereocenters. The molecule has 2 unspecified atom stereocenters. The van der Waals surface area contributed by atoms with E-state index >= 15 is 0 Å². The monoisotopic (exact) mass is 267 g/mol. The first kappa shape index (κ1) is 14.8. The Bertz CT molecular complexity index is 311. The van der Waals surface area contributed by atoms with Gasteiger partial charge < -0.3 is 9.80 Å². The van der Waals surface area contributed by atoms with Crippen molar-refractivity contribution in [1.29, 1.82) is 0 Å². The van der Waals surface area contributed by atoms with Crippen molar-refractivity contribution < 1.29 is 4.79 Å². The topological polar surface area (TPSA) is 35.6 Å². The average molecular weight is 267 g/mol. The van der Waals surface area contributed by atoms with Crippen LogP contribution in [0.5, 0.6) is 0 Å². The lowest BCUT2D eigenvalue weighted by atomic mass is 9.96. The minimum Gasteiger partial charge on any atom is -0.325 e. The summed E-state index contributed by atoms with van der Waals surface area (Å²) in [4.78, 5) is 16.9. The molecule has 0 saturated carbocycles. The predicted octanol–water partition coefficient (Wildman–Crippen LogP) is 1.52. The second-order valence-corrected chi connectivity index (χ2v) is 6.55. The van der Waals surface area contributed by atoms with Crippen LogP contribution in [-0.4, -0.2) is 54.6 Å². The van der Waals surface area contributed by atoms with Crippen molar-refractivity contribution in [3.8, 4) is 0 Å². The number of piperidine rings is 1. The first-order chi connectivity index (χ1) is 9.02. The van der Waals surface area contributed by atoms with E-state index in [-0.39, 0.29) is 12.2 Å². The van der Waals surface area contributed by atoms with Gasteiger partial charge in [-0.15, -0.1) is 0 Å². The molecule has 0 spiro atoms. The van der Waals surface area contributed by atoms with Crippen LogP contribution in [0.4, 0.5) is 0 Å². The van der Waals surface area contributed by atoms with E-state index < -0.39 is 0 Å². The van der Waals surface area contributed by atoms with Crippen LogP contribution in [0.1, 0.15) is 40.0 Å². The Kier molecular flexibility index (Phi) is 4.85. The number of nitrogens with one attached hydrogen (secondary N) is 1. The van der Waals surface area contributed by atoms with E-state index in [1.807, 2.05) is 0 Å². The van der Waals surface area contributed by atoms with Crippen molar-refractivity contribution in [2.45, 2.75) is 52.2 Å². The van der Waals surface area contributed by atoms with Gasteiger partial charge in [-0.3, -0.25) is 10.1 Å². The fourth-order valence-corrected chi connectivity index (χ4v) is 3.28. The third-order valence-corrected chi connectivity index (χ3v) is 4.62. The van der Waals surface area contributed by atoms with Gasteiger partial charge in [0, 0.05) is 6.54 Å². The number of nitrogens with zero attached hydrogens (tertiary/aromatic N) is 2. The molecule has 4 heteroatoms. The van der Waals surface area contributed by atoms with Crippen LogP contribution < -0.4 is 5.32 Å². The van der Waals surface area contributed by atoms with Crippen molar-refractivity contribution >= 4 is 5.91 Å². The molecule has 2 heterocycles. The summed E-state index contributed by atoms with van der Waals surface area (Å²) in [5.41, 5.74) is 0. The normalized spacial score (nSPS) is 30.6. The summed E-state index contributed by atoms with van der Waals surface area (Å²) in [5.74, 6) is 1.48. The first-order valence-electron chi connectivity index (χ1n) is 7.78. The molecule has 1 N–H and O–H groups in total. The zero-order valence-electron chi connectivity index (χ0n) is 12.9. The van der Waals surface area contributed by atoms with E-state index in [1.165, 1.54) is 25.9 Å².